The van der Waals surface area contributed by atoms with Crippen molar-refractivity contribution in [1.82, 2.24) is 0 Å². The van der Waals surface area contributed by atoms with E-state index >= 15 is 0 Å². The smallest absolute Gasteiger partial charge is 0.336 e. The molecule has 4 aromatic rings. The number of hydrogen-bond donors (Lipinski definition) is 2. The van der Waals surface area contributed by atoms with Crippen molar-refractivity contribution in [2.45, 2.75) is 13.2 Å². The largest absolute Gasteiger partial charge is 0.478 e. The lowest BCUT2D eigenvalue weighted by Gasteiger charge is -2.09. The molecule has 5 heteroatoms. The van der Waals surface area contributed by atoms with E-state index in [2.05, 4.69) is 0 Å². The van der Waals surface area contributed by atoms with Crippen LogP contribution in [0.3, 0.4) is 0 Å². The number of carbonyl (C=O) groups is 2. The number of carboxylic acid groups (broad SMARTS) is 2. The molecule has 0 atom stereocenters. The van der Waals surface area contributed by atoms with E-state index in [0.717, 1.165) is 22.3 Å². The van der Waals surface area contributed by atoms with Crippen LogP contribution in [0.4, 0.5) is 0 Å². The van der Waals surface area contributed by atoms with Gasteiger partial charge in [0.1, 0.15) is 0 Å². The molecule has 0 aromatic heterocycles. The molecule has 4 rings (SSSR count). The fourth-order valence-electron chi connectivity index (χ4n) is 3.69. The number of carboxylic acids is 2. The van der Waals surface area contributed by atoms with Gasteiger partial charge in [0, 0.05) is 0 Å². The van der Waals surface area contributed by atoms with E-state index in [1.807, 2.05) is 60.7 Å². The van der Waals surface area contributed by atoms with E-state index in [1.54, 1.807) is 36.4 Å². The average molecular weight is 438 g/mol. The van der Waals surface area contributed by atoms with E-state index in [4.69, 9.17) is 4.74 Å². The second kappa shape index (κ2) is 9.94. The standard InChI is InChI=1S/C28H22O5/c29-27(30)25-7-3-1-5-23(25)21-13-9-19(10-14-21)17-33-18-20-11-15-22(16-12-20)24-6-2-4-8-26(24)28(31)32/h1-16H,17-18H2,(H,29,30)(H,31,32). The van der Waals surface area contributed by atoms with Crippen LogP contribution in [0.2, 0.25) is 0 Å². The van der Waals surface area contributed by atoms with Crippen LogP contribution in [0.1, 0.15) is 31.8 Å². The van der Waals surface area contributed by atoms with Gasteiger partial charge >= 0.3 is 11.9 Å². The molecule has 0 spiro atoms. The fraction of sp³-hybridized carbons (Fsp3) is 0.0714. The quantitative estimate of drug-likeness (QED) is 0.346. The van der Waals surface area contributed by atoms with Gasteiger partial charge in [0.2, 0.25) is 0 Å². The minimum absolute atomic E-state index is 0.274. The van der Waals surface area contributed by atoms with Crippen molar-refractivity contribution < 1.29 is 24.5 Å². The highest BCUT2D eigenvalue weighted by molar-refractivity contribution is 5.96. The first kappa shape index (κ1) is 22.0. The summed E-state index contributed by atoms with van der Waals surface area (Å²) in [7, 11) is 0. The lowest BCUT2D eigenvalue weighted by atomic mass is 9.99. The molecule has 0 unspecified atom stereocenters. The third-order valence-electron chi connectivity index (χ3n) is 5.38. The maximum Gasteiger partial charge on any atom is 0.336 e. The van der Waals surface area contributed by atoms with E-state index in [-0.39, 0.29) is 11.1 Å². The van der Waals surface area contributed by atoms with Gasteiger partial charge in [0.05, 0.1) is 24.3 Å². The topological polar surface area (TPSA) is 83.8 Å². The van der Waals surface area contributed by atoms with Crippen molar-refractivity contribution >= 4 is 11.9 Å². The number of benzene rings is 4. The van der Waals surface area contributed by atoms with Gasteiger partial charge < -0.3 is 14.9 Å². The minimum Gasteiger partial charge on any atom is -0.478 e. The number of ether oxygens (including phenoxy) is 1. The molecule has 5 nitrogen and oxygen atoms in total. The molecule has 0 bridgehead atoms. The molecule has 0 aliphatic heterocycles. The Morgan fingerprint density at radius 2 is 0.909 bits per heavy atom. The first-order valence-electron chi connectivity index (χ1n) is 10.4. The van der Waals surface area contributed by atoms with Gasteiger partial charge in [-0.1, -0.05) is 84.9 Å². The Morgan fingerprint density at radius 3 is 1.27 bits per heavy atom. The van der Waals surface area contributed by atoms with Crippen LogP contribution < -0.4 is 0 Å². The van der Waals surface area contributed by atoms with Crippen LogP contribution in [0.5, 0.6) is 0 Å². The van der Waals surface area contributed by atoms with Gasteiger partial charge in [-0.2, -0.15) is 0 Å². The molecule has 0 aliphatic rings. The normalized spacial score (nSPS) is 10.7. The second-order valence-electron chi connectivity index (χ2n) is 7.59. The number of aromatic carboxylic acids is 2. The van der Waals surface area contributed by atoms with Crippen molar-refractivity contribution in [2.75, 3.05) is 0 Å². The molecule has 0 saturated carbocycles. The van der Waals surface area contributed by atoms with Crippen LogP contribution in [0, 0.1) is 0 Å². The predicted molar refractivity (Wildman–Crippen MR) is 126 cm³/mol. The SMILES string of the molecule is O=C(O)c1ccccc1-c1ccc(COCc2ccc(-c3ccccc3C(=O)O)cc2)cc1. The van der Waals surface area contributed by atoms with Crippen molar-refractivity contribution in [1.29, 1.82) is 0 Å². The highest BCUT2D eigenvalue weighted by atomic mass is 16.5. The van der Waals surface area contributed by atoms with Crippen LogP contribution in [0.15, 0.2) is 97.1 Å². The first-order valence-corrected chi connectivity index (χ1v) is 10.4. The van der Waals surface area contributed by atoms with Crippen LogP contribution >= 0.6 is 0 Å². The summed E-state index contributed by atoms with van der Waals surface area (Å²) in [5, 5.41) is 18.8. The van der Waals surface area contributed by atoms with Gasteiger partial charge in [-0.05, 0) is 45.5 Å². The predicted octanol–water partition coefficient (Wildman–Crippen LogP) is 6.13. The molecule has 0 radical (unpaired) electrons. The summed E-state index contributed by atoms with van der Waals surface area (Å²) in [5.74, 6) is -1.90. The Labute approximate surface area is 191 Å². The molecule has 164 valence electrons. The monoisotopic (exact) mass is 438 g/mol. The maximum atomic E-state index is 11.4. The van der Waals surface area contributed by atoms with Crippen molar-refractivity contribution in [3.63, 3.8) is 0 Å². The summed E-state index contributed by atoms with van der Waals surface area (Å²) >= 11 is 0. The molecule has 33 heavy (non-hydrogen) atoms. The van der Waals surface area contributed by atoms with Gasteiger partial charge in [-0.25, -0.2) is 9.59 Å². The summed E-state index contributed by atoms with van der Waals surface area (Å²) in [6.45, 7) is 0.842. The molecule has 0 amide bonds. The lowest BCUT2D eigenvalue weighted by molar-refractivity contribution is 0.0687. The molecular formula is C28H22O5. The Hall–Kier alpha value is -4.22. The van der Waals surface area contributed by atoms with Crippen molar-refractivity contribution in [3.05, 3.63) is 119 Å². The van der Waals surface area contributed by atoms with Crippen LogP contribution in [-0.2, 0) is 18.0 Å². The van der Waals surface area contributed by atoms with Crippen LogP contribution in [-0.4, -0.2) is 22.2 Å². The Morgan fingerprint density at radius 1 is 0.545 bits per heavy atom. The average Bonchev–Trinajstić information content (AvgIpc) is 2.85. The third-order valence-corrected chi connectivity index (χ3v) is 5.38. The maximum absolute atomic E-state index is 11.4. The van der Waals surface area contributed by atoms with Gasteiger partial charge in [0.15, 0.2) is 0 Å². The molecule has 2 N–H and O–H groups in total. The van der Waals surface area contributed by atoms with Gasteiger partial charge in [-0.15, -0.1) is 0 Å². The third kappa shape index (κ3) is 5.17. The van der Waals surface area contributed by atoms with E-state index < -0.39 is 11.9 Å². The molecule has 4 aromatic carbocycles. The molecule has 0 fully saturated rings. The van der Waals surface area contributed by atoms with E-state index in [0.29, 0.717) is 24.3 Å². The van der Waals surface area contributed by atoms with E-state index in [9.17, 15) is 19.8 Å². The van der Waals surface area contributed by atoms with Crippen molar-refractivity contribution in [2.24, 2.45) is 0 Å². The summed E-state index contributed by atoms with van der Waals surface area (Å²) in [4.78, 5) is 22.9. The summed E-state index contributed by atoms with van der Waals surface area (Å²) in [6.07, 6.45) is 0. The number of hydrogen-bond acceptors (Lipinski definition) is 3. The Kier molecular flexibility index (Phi) is 6.62. The zero-order valence-electron chi connectivity index (χ0n) is 17.8. The first-order chi connectivity index (χ1) is 16.0. The molecular weight excluding hydrogens is 416 g/mol. The van der Waals surface area contributed by atoms with Gasteiger partial charge in [0.25, 0.3) is 0 Å². The Balaban J connectivity index is 1.38. The molecule has 0 aliphatic carbocycles. The number of rotatable bonds is 8. The zero-order valence-corrected chi connectivity index (χ0v) is 17.8. The minimum atomic E-state index is -0.949. The second-order valence-corrected chi connectivity index (χ2v) is 7.59. The highest BCUT2D eigenvalue weighted by Crippen LogP contribution is 2.26. The summed E-state index contributed by atoms with van der Waals surface area (Å²) < 4.78 is 5.83. The molecule has 0 heterocycles. The van der Waals surface area contributed by atoms with Crippen molar-refractivity contribution in [3.8, 4) is 22.3 Å². The van der Waals surface area contributed by atoms with Crippen LogP contribution in [0.25, 0.3) is 22.3 Å². The summed E-state index contributed by atoms with van der Waals surface area (Å²) in [6, 6.07) is 29.2. The van der Waals surface area contributed by atoms with Gasteiger partial charge in [-0.3, -0.25) is 0 Å². The van der Waals surface area contributed by atoms with E-state index in [1.165, 1.54) is 0 Å². The fourth-order valence-corrected chi connectivity index (χ4v) is 3.69. The molecule has 0 saturated heterocycles. The lowest BCUT2D eigenvalue weighted by Crippen LogP contribution is -1.99. The highest BCUT2D eigenvalue weighted by Gasteiger charge is 2.11. The Bertz CT molecular complexity index is 1170. The summed E-state index contributed by atoms with van der Waals surface area (Å²) in [5.41, 5.74) is 5.57. The zero-order chi connectivity index (χ0) is 23.2.